The van der Waals surface area contributed by atoms with Crippen molar-refractivity contribution in [1.29, 1.82) is 0 Å². The number of rotatable bonds is 10. The molecule has 1 aliphatic heterocycles. The molecule has 2 aliphatic carbocycles. The summed E-state index contributed by atoms with van der Waals surface area (Å²) in [4.78, 5) is 31.4. The lowest BCUT2D eigenvalue weighted by Crippen LogP contribution is -2.58. The van der Waals surface area contributed by atoms with Gasteiger partial charge in [0.1, 0.15) is 17.5 Å². The van der Waals surface area contributed by atoms with Crippen molar-refractivity contribution in [3.8, 4) is 11.5 Å². The Labute approximate surface area is 238 Å². The highest BCUT2D eigenvalue weighted by Gasteiger charge is 2.43. The normalized spacial score (nSPS) is 24.9. The first-order valence-corrected chi connectivity index (χ1v) is 14.8. The summed E-state index contributed by atoms with van der Waals surface area (Å²) < 4.78 is 10.8. The van der Waals surface area contributed by atoms with Crippen LogP contribution >= 0.6 is 0 Å². The number of methoxy groups -OCH3 is 2. The standard InChI is InChI=1S/C32H44N4O4/c1-39-28-14-6-22(7-15-28)20-35(21-23-4-3-5-29(18-23)40-2)27-16-17-36(32(38)24-8-9-24)30(19-27)31(37)34-26-12-10-25(33)11-13-26/h3-7,14-15,18,24-27,30H,8-13,16-17,19-21,33H2,1-2H3,(H,34,37)/t25?,26?,27?,30-/m1/s1. The average Bonchev–Trinajstić information content (AvgIpc) is 3.84. The minimum absolute atomic E-state index is 0.00931. The van der Waals surface area contributed by atoms with Crippen molar-refractivity contribution in [3.63, 3.8) is 0 Å². The van der Waals surface area contributed by atoms with Crippen LogP contribution in [0.25, 0.3) is 0 Å². The number of nitrogens with two attached hydrogens (primary N) is 1. The molecule has 3 aliphatic rings. The Bertz CT molecular complexity index is 1140. The van der Waals surface area contributed by atoms with E-state index in [1.807, 2.05) is 29.2 Å². The number of hydrogen-bond acceptors (Lipinski definition) is 6. The molecule has 1 heterocycles. The van der Waals surface area contributed by atoms with Crippen molar-refractivity contribution in [2.24, 2.45) is 11.7 Å². The number of nitrogens with one attached hydrogen (secondary N) is 1. The van der Waals surface area contributed by atoms with Gasteiger partial charge >= 0.3 is 0 Å². The predicted molar refractivity (Wildman–Crippen MR) is 155 cm³/mol. The smallest absolute Gasteiger partial charge is 0.243 e. The van der Waals surface area contributed by atoms with E-state index >= 15 is 0 Å². The quantitative estimate of drug-likeness (QED) is 0.468. The van der Waals surface area contributed by atoms with Crippen LogP contribution in [-0.4, -0.2) is 66.5 Å². The van der Waals surface area contributed by atoms with Gasteiger partial charge in [0.25, 0.3) is 0 Å². The fourth-order valence-corrected chi connectivity index (χ4v) is 6.20. The zero-order valence-electron chi connectivity index (χ0n) is 23.9. The van der Waals surface area contributed by atoms with Crippen LogP contribution in [0.4, 0.5) is 0 Å². The monoisotopic (exact) mass is 548 g/mol. The van der Waals surface area contributed by atoms with Crippen LogP contribution in [0.2, 0.25) is 0 Å². The second-order valence-corrected chi connectivity index (χ2v) is 11.7. The van der Waals surface area contributed by atoms with Gasteiger partial charge in [-0.15, -0.1) is 0 Å². The summed E-state index contributed by atoms with van der Waals surface area (Å²) in [5, 5.41) is 3.30. The first-order chi connectivity index (χ1) is 19.4. The lowest BCUT2D eigenvalue weighted by atomic mass is 9.90. The van der Waals surface area contributed by atoms with Gasteiger partial charge in [0, 0.05) is 43.7 Å². The van der Waals surface area contributed by atoms with Crippen LogP contribution < -0.4 is 20.5 Å². The summed E-state index contributed by atoms with van der Waals surface area (Å²) in [6.07, 6.45) is 6.99. The van der Waals surface area contributed by atoms with E-state index in [1.54, 1.807) is 14.2 Å². The summed E-state index contributed by atoms with van der Waals surface area (Å²) >= 11 is 0. The highest BCUT2D eigenvalue weighted by molar-refractivity contribution is 5.89. The van der Waals surface area contributed by atoms with E-state index in [2.05, 4.69) is 34.5 Å². The Kier molecular flexibility index (Phi) is 9.27. The topological polar surface area (TPSA) is 97.1 Å². The van der Waals surface area contributed by atoms with Gasteiger partial charge in [0.15, 0.2) is 0 Å². The fourth-order valence-electron chi connectivity index (χ4n) is 6.20. The second-order valence-electron chi connectivity index (χ2n) is 11.7. The minimum Gasteiger partial charge on any atom is -0.497 e. The Balaban J connectivity index is 1.36. The molecular weight excluding hydrogens is 504 g/mol. The van der Waals surface area contributed by atoms with E-state index in [4.69, 9.17) is 15.2 Å². The van der Waals surface area contributed by atoms with Crippen LogP contribution in [-0.2, 0) is 22.7 Å². The molecule has 1 saturated heterocycles. The number of amides is 2. The summed E-state index contributed by atoms with van der Waals surface area (Å²) in [6.45, 7) is 2.06. The first kappa shape index (κ1) is 28.4. The van der Waals surface area contributed by atoms with E-state index in [1.165, 1.54) is 5.56 Å². The molecule has 2 atom stereocenters. The molecule has 0 aromatic heterocycles. The maximum atomic E-state index is 13.8. The van der Waals surface area contributed by atoms with E-state index in [9.17, 15) is 9.59 Å². The molecule has 0 bridgehead atoms. The Hall–Kier alpha value is -3.10. The van der Waals surface area contributed by atoms with Crippen LogP contribution in [0, 0.1) is 5.92 Å². The molecule has 2 aromatic rings. The summed E-state index contributed by atoms with van der Waals surface area (Å²) in [5.74, 6) is 1.89. The van der Waals surface area contributed by atoms with Gasteiger partial charge in [-0.2, -0.15) is 0 Å². The number of nitrogens with zero attached hydrogens (tertiary/aromatic N) is 2. The molecule has 1 unspecified atom stereocenters. The van der Waals surface area contributed by atoms with Crippen molar-refractivity contribution in [1.82, 2.24) is 15.1 Å². The molecule has 3 fully saturated rings. The van der Waals surface area contributed by atoms with Gasteiger partial charge in [-0.1, -0.05) is 24.3 Å². The van der Waals surface area contributed by atoms with Crippen molar-refractivity contribution in [2.75, 3.05) is 20.8 Å². The zero-order chi connectivity index (χ0) is 28.1. The van der Waals surface area contributed by atoms with Gasteiger partial charge in [-0.3, -0.25) is 14.5 Å². The van der Waals surface area contributed by atoms with Crippen LogP contribution in [0.15, 0.2) is 48.5 Å². The largest absolute Gasteiger partial charge is 0.497 e. The molecule has 40 heavy (non-hydrogen) atoms. The SMILES string of the molecule is COc1ccc(CN(Cc2cccc(OC)c2)C2CCN(C(=O)C3CC3)[C@@H](C(=O)NC3CCC(N)CC3)C2)cc1. The van der Waals surface area contributed by atoms with E-state index in [0.717, 1.165) is 75.1 Å². The number of piperidine rings is 1. The molecule has 0 radical (unpaired) electrons. The van der Waals surface area contributed by atoms with E-state index < -0.39 is 6.04 Å². The van der Waals surface area contributed by atoms with Crippen molar-refractivity contribution < 1.29 is 19.1 Å². The van der Waals surface area contributed by atoms with E-state index in [0.29, 0.717) is 13.0 Å². The van der Waals surface area contributed by atoms with Gasteiger partial charge in [-0.25, -0.2) is 0 Å². The first-order valence-electron chi connectivity index (χ1n) is 14.8. The third-order valence-corrected chi connectivity index (χ3v) is 8.79. The lowest BCUT2D eigenvalue weighted by Gasteiger charge is -2.43. The van der Waals surface area contributed by atoms with Crippen molar-refractivity contribution in [2.45, 2.75) is 88.6 Å². The van der Waals surface area contributed by atoms with E-state index in [-0.39, 0.29) is 35.9 Å². The molecule has 0 spiro atoms. The molecule has 8 heteroatoms. The fraction of sp³-hybridized carbons (Fsp3) is 0.562. The molecule has 2 amide bonds. The summed E-state index contributed by atoms with van der Waals surface area (Å²) in [5.41, 5.74) is 8.44. The third-order valence-electron chi connectivity index (χ3n) is 8.79. The number of hydrogen-bond donors (Lipinski definition) is 2. The summed E-state index contributed by atoms with van der Waals surface area (Å²) in [6, 6.07) is 16.4. The molecule has 8 nitrogen and oxygen atoms in total. The molecule has 216 valence electrons. The third kappa shape index (κ3) is 7.15. The highest BCUT2D eigenvalue weighted by atomic mass is 16.5. The molecule has 2 saturated carbocycles. The van der Waals surface area contributed by atoms with Gasteiger partial charge in [0.2, 0.25) is 11.8 Å². The molecule has 3 N–H and O–H groups in total. The van der Waals surface area contributed by atoms with Crippen molar-refractivity contribution in [3.05, 3.63) is 59.7 Å². The zero-order valence-corrected chi connectivity index (χ0v) is 23.9. The van der Waals surface area contributed by atoms with Crippen molar-refractivity contribution >= 4 is 11.8 Å². The Morgan fingerprint density at radius 2 is 1.60 bits per heavy atom. The molecule has 5 rings (SSSR count). The van der Waals surface area contributed by atoms with Gasteiger partial charge in [0.05, 0.1) is 14.2 Å². The summed E-state index contributed by atoms with van der Waals surface area (Å²) in [7, 11) is 3.36. The number of benzene rings is 2. The Morgan fingerprint density at radius 1 is 0.900 bits per heavy atom. The maximum absolute atomic E-state index is 13.8. The second kappa shape index (κ2) is 13.0. The maximum Gasteiger partial charge on any atom is 0.243 e. The molecular formula is C32H44N4O4. The molecule has 2 aromatic carbocycles. The highest BCUT2D eigenvalue weighted by Crippen LogP contribution is 2.35. The van der Waals surface area contributed by atoms with Crippen LogP contribution in [0.1, 0.15) is 62.5 Å². The Morgan fingerprint density at radius 3 is 2.27 bits per heavy atom. The number of carbonyl (C=O) groups is 2. The minimum atomic E-state index is -0.453. The predicted octanol–water partition coefficient (Wildman–Crippen LogP) is 3.86. The average molecular weight is 549 g/mol. The van der Waals surface area contributed by atoms with Gasteiger partial charge < -0.3 is 25.4 Å². The number of carbonyl (C=O) groups excluding carboxylic acids is 2. The van der Waals surface area contributed by atoms with Crippen LogP contribution in [0.3, 0.4) is 0 Å². The number of ether oxygens (including phenoxy) is 2. The lowest BCUT2D eigenvalue weighted by molar-refractivity contribution is -0.145. The number of likely N-dealkylation sites (tertiary alicyclic amines) is 1. The van der Waals surface area contributed by atoms with Gasteiger partial charge in [-0.05, 0) is 86.8 Å². The van der Waals surface area contributed by atoms with Crippen LogP contribution in [0.5, 0.6) is 11.5 Å².